The fourth-order valence-corrected chi connectivity index (χ4v) is 4.43. The number of anilines is 2. The van der Waals surface area contributed by atoms with Gasteiger partial charge in [0.2, 0.25) is 21.8 Å². The highest BCUT2D eigenvalue weighted by Gasteiger charge is 2.25. The number of methoxy groups -OCH3 is 2. The summed E-state index contributed by atoms with van der Waals surface area (Å²) in [6.07, 6.45) is 1.37. The maximum absolute atomic E-state index is 12.8. The molecular weight excluding hydrogens is 422 g/mol. The Morgan fingerprint density at radius 1 is 1.10 bits per heavy atom. The van der Waals surface area contributed by atoms with E-state index in [0.29, 0.717) is 24.4 Å². The summed E-state index contributed by atoms with van der Waals surface area (Å²) in [4.78, 5) is 25.9. The highest BCUT2D eigenvalue weighted by molar-refractivity contribution is 7.89. The number of likely N-dealkylation sites (N-methyl/N-ethyl adjacent to an activating group) is 1. The summed E-state index contributed by atoms with van der Waals surface area (Å²) in [5, 5.41) is 2.67. The monoisotopic (exact) mass is 447 g/mol. The molecule has 1 aliphatic heterocycles. The van der Waals surface area contributed by atoms with Gasteiger partial charge in [0.1, 0.15) is 0 Å². The first-order chi connectivity index (χ1) is 14.8. The first-order valence-electron chi connectivity index (χ1n) is 9.65. The van der Waals surface area contributed by atoms with Crippen molar-refractivity contribution in [3.8, 4) is 11.5 Å². The maximum Gasteiger partial charge on any atom is 0.243 e. The van der Waals surface area contributed by atoms with Crippen molar-refractivity contribution in [3.63, 3.8) is 0 Å². The summed E-state index contributed by atoms with van der Waals surface area (Å²) >= 11 is 0. The molecule has 0 radical (unpaired) electrons. The SMILES string of the molecule is COc1ccc(S(=O)(=O)N(C)CC(=O)Nc2ccc(N3CCCC3=O)cc2)cc1OC. The molecule has 0 aliphatic carbocycles. The van der Waals surface area contributed by atoms with Gasteiger partial charge in [-0.3, -0.25) is 9.59 Å². The zero-order chi connectivity index (χ0) is 22.6. The molecule has 1 aliphatic rings. The van der Waals surface area contributed by atoms with Crippen molar-refractivity contribution in [3.05, 3.63) is 42.5 Å². The zero-order valence-corrected chi connectivity index (χ0v) is 18.4. The lowest BCUT2D eigenvalue weighted by atomic mass is 10.2. The molecule has 0 bridgehead atoms. The smallest absolute Gasteiger partial charge is 0.243 e. The van der Waals surface area contributed by atoms with Gasteiger partial charge in [0.25, 0.3) is 0 Å². The number of carbonyl (C=O) groups is 2. The minimum absolute atomic E-state index is 0.0138. The first-order valence-corrected chi connectivity index (χ1v) is 11.1. The molecule has 3 rings (SSSR count). The Morgan fingerprint density at radius 3 is 2.35 bits per heavy atom. The third kappa shape index (κ3) is 4.97. The summed E-state index contributed by atoms with van der Waals surface area (Å²) in [7, 11) is 0.281. The number of nitrogens with zero attached hydrogens (tertiary/aromatic N) is 2. The van der Waals surface area contributed by atoms with Crippen molar-refractivity contribution in [1.29, 1.82) is 0 Å². The van der Waals surface area contributed by atoms with Crippen LogP contribution in [0.1, 0.15) is 12.8 Å². The van der Waals surface area contributed by atoms with Crippen molar-refractivity contribution in [2.75, 3.05) is 44.6 Å². The van der Waals surface area contributed by atoms with E-state index in [-0.39, 0.29) is 23.1 Å². The molecule has 0 atom stereocenters. The van der Waals surface area contributed by atoms with E-state index in [0.717, 1.165) is 16.4 Å². The molecule has 1 heterocycles. The number of benzene rings is 2. The van der Waals surface area contributed by atoms with E-state index in [1.165, 1.54) is 39.5 Å². The highest BCUT2D eigenvalue weighted by atomic mass is 32.2. The van der Waals surface area contributed by atoms with E-state index in [1.54, 1.807) is 29.2 Å². The first kappa shape index (κ1) is 22.6. The molecule has 0 unspecified atom stereocenters. The average molecular weight is 448 g/mol. The quantitative estimate of drug-likeness (QED) is 0.664. The Balaban J connectivity index is 1.65. The fourth-order valence-electron chi connectivity index (χ4n) is 3.29. The third-order valence-corrected chi connectivity index (χ3v) is 6.76. The molecule has 2 aromatic carbocycles. The number of sulfonamides is 1. The lowest BCUT2D eigenvalue weighted by Gasteiger charge is -2.18. The Hall–Kier alpha value is -3.11. The Labute approximate surface area is 181 Å². The molecule has 166 valence electrons. The maximum atomic E-state index is 12.8. The van der Waals surface area contributed by atoms with Gasteiger partial charge in [-0.15, -0.1) is 0 Å². The number of ether oxygens (including phenoxy) is 2. The number of nitrogens with one attached hydrogen (secondary N) is 1. The second-order valence-corrected chi connectivity index (χ2v) is 9.07. The van der Waals surface area contributed by atoms with Gasteiger partial charge in [-0.2, -0.15) is 4.31 Å². The highest BCUT2D eigenvalue weighted by Crippen LogP contribution is 2.30. The minimum atomic E-state index is -3.92. The lowest BCUT2D eigenvalue weighted by Crippen LogP contribution is -2.35. The predicted octanol–water partition coefficient (Wildman–Crippen LogP) is 2.09. The molecule has 31 heavy (non-hydrogen) atoms. The van der Waals surface area contributed by atoms with Gasteiger partial charge in [0.15, 0.2) is 11.5 Å². The zero-order valence-electron chi connectivity index (χ0n) is 17.6. The molecule has 0 spiro atoms. The second-order valence-electron chi connectivity index (χ2n) is 7.02. The van der Waals surface area contributed by atoms with Crippen LogP contribution in [0.3, 0.4) is 0 Å². The van der Waals surface area contributed by atoms with Crippen molar-refractivity contribution >= 4 is 33.2 Å². The summed E-state index contributed by atoms with van der Waals surface area (Å²) in [6, 6.07) is 11.1. The Kier molecular flexibility index (Phi) is 6.81. The van der Waals surface area contributed by atoms with Gasteiger partial charge < -0.3 is 19.7 Å². The minimum Gasteiger partial charge on any atom is -0.493 e. The van der Waals surface area contributed by atoms with Crippen LogP contribution in [0.15, 0.2) is 47.4 Å². The molecule has 2 aromatic rings. The predicted molar refractivity (Wildman–Crippen MR) is 116 cm³/mol. The van der Waals surface area contributed by atoms with E-state index in [2.05, 4.69) is 5.32 Å². The summed E-state index contributed by atoms with van der Waals surface area (Å²) in [5.74, 6) is 0.272. The second kappa shape index (κ2) is 9.36. The fraction of sp³-hybridized carbons (Fsp3) is 0.333. The van der Waals surface area contributed by atoms with Gasteiger partial charge in [0.05, 0.1) is 25.7 Å². The van der Waals surface area contributed by atoms with Gasteiger partial charge in [0, 0.05) is 37.5 Å². The molecule has 0 aromatic heterocycles. The van der Waals surface area contributed by atoms with Crippen LogP contribution in [-0.4, -0.2) is 58.9 Å². The van der Waals surface area contributed by atoms with Gasteiger partial charge in [-0.05, 0) is 42.8 Å². The van der Waals surface area contributed by atoms with E-state index < -0.39 is 15.9 Å². The van der Waals surface area contributed by atoms with Gasteiger partial charge >= 0.3 is 0 Å². The van der Waals surface area contributed by atoms with E-state index in [9.17, 15) is 18.0 Å². The van der Waals surface area contributed by atoms with Crippen molar-refractivity contribution in [1.82, 2.24) is 4.31 Å². The normalized spacial score (nSPS) is 14.1. The van der Waals surface area contributed by atoms with E-state index >= 15 is 0 Å². The number of rotatable bonds is 8. The van der Waals surface area contributed by atoms with Crippen LogP contribution in [0.25, 0.3) is 0 Å². The van der Waals surface area contributed by atoms with Crippen LogP contribution >= 0.6 is 0 Å². The topological polar surface area (TPSA) is 105 Å². The number of hydrogen-bond acceptors (Lipinski definition) is 6. The Bertz CT molecular complexity index is 1070. The van der Waals surface area contributed by atoms with Crippen LogP contribution in [0.5, 0.6) is 11.5 Å². The molecule has 10 heteroatoms. The molecule has 1 saturated heterocycles. The number of hydrogen-bond donors (Lipinski definition) is 1. The van der Waals surface area contributed by atoms with Crippen LogP contribution in [0, 0.1) is 0 Å². The molecule has 1 fully saturated rings. The van der Waals surface area contributed by atoms with Crippen LogP contribution in [0.4, 0.5) is 11.4 Å². The van der Waals surface area contributed by atoms with Gasteiger partial charge in [-0.1, -0.05) is 0 Å². The molecule has 9 nitrogen and oxygen atoms in total. The molecule has 2 amide bonds. The van der Waals surface area contributed by atoms with Crippen molar-refractivity contribution in [2.24, 2.45) is 0 Å². The van der Waals surface area contributed by atoms with Gasteiger partial charge in [-0.25, -0.2) is 8.42 Å². The van der Waals surface area contributed by atoms with Crippen molar-refractivity contribution < 1.29 is 27.5 Å². The summed E-state index contributed by atoms with van der Waals surface area (Å²) in [6.45, 7) is 0.312. The van der Waals surface area contributed by atoms with Crippen LogP contribution in [0.2, 0.25) is 0 Å². The van der Waals surface area contributed by atoms with E-state index in [4.69, 9.17) is 9.47 Å². The standard InChI is InChI=1S/C21H25N3O6S/c1-23(31(27,28)17-10-11-18(29-2)19(13-17)30-3)14-20(25)22-15-6-8-16(9-7-15)24-12-4-5-21(24)26/h6-11,13H,4-5,12,14H2,1-3H3,(H,22,25). The average Bonchev–Trinajstić information content (AvgIpc) is 3.19. The number of amides is 2. The van der Waals surface area contributed by atoms with Crippen LogP contribution < -0.4 is 19.7 Å². The summed E-state index contributed by atoms with van der Waals surface area (Å²) in [5.41, 5.74) is 1.28. The van der Waals surface area contributed by atoms with E-state index in [1.807, 2.05) is 0 Å². The Morgan fingerprint density at radius 2 is 1.77 bits per heavy atom. The lowest BCUT2D eigenvalue weighted by molar-refractivity contribution is -0.117. The molecular formula is C21H25N3O6S. The molecule has 1 N–H and O–H groups in total. The molecule has 0 saturated carbocycles. The number of carbonyl (C=O) groups excluding carboxylic acids is 2. The largest absolute Gasteiger partial charge is 0.493 e. The third-order valence-electron chi connectivity index (χ3n) is 4.97. The summed E-state index contributed by atoms with van der Waals surface area (Å²) < 4.78 is 36.9. The van der Waals surface area contributed by atoms with Crippen LogP contribution in [-0.2, 0) is 19.6 Å². The van der Waals surface area contributed by atoms with Crippen molar-refractivity contribution in [2.45, 2.75) is 17.7 Å².